The van der Waals surface area contributed by atoms with Gasteiger partial charge in [0.05, 0.1) is 22.6 Å². The number of nitrogens with one attached hydrogen (secondary N) is 2. The number of H-pyrrole nitrogens is 1. The Morgan fingerprint density at radius 3 is 2.97 bits per heavy atom. The molecule has 0 radical (unpaired) electrons. The van der Waals surface area contributed by atoms with E-state index in [2.05, 4.69) is 22.2 Å². The summed E-state index contributed by atoms with van der Waals surface area (Å²) >= 11 is 6.11. The third-order valence-corrected chi connectivity index (χ3v) is 6.71. The number of nitrogens with two attached hydrogens (primary N) is 1. The number of hydrogen-bond donors (Lipinski definition) is 3. The predicted octanol–water partition coefficient (Wildman–Crippen LogP) is 4.81. The summed E-state index contributed by atoms with van der Waals surface area (Å²) < 4.78 is 0. The first-order chi connectivity index (χ1) is 15.9. The van der Waals surface area contributed by atoms with Crippen LogP contribution in [0.4, 0.5) is 5.69 Å². The van der Waals surface area contributed by atoms with E-state index in [-0.39, 0.29) is 18.0 Å². The van der Waals surface area contributed by atoms with Gasteiger partial charge in [0, 0.05) is 47.0 Å². The molecule has 0 bridgehead atoms. The standard InChI is InChI=1S/C25H27ClN6O/c1-14-10-19-20(29-15(2)24-30-21-6-5-16(26)11-23(21)31-24)7-8-28-22(19)12-18(14)25(33)32-9-3-4-17(32)13-27/h5-8,10-12,15,17H,3-4,9,13,27H2,1-2H3,(H,28,29)(H,30,31)/t15?,17-/m1/s1. The van der Waals surface area contributed by atoms with Crippen LogP contribution in [0.5, 0.6) is 0 Å². The van der Waals surface area contributed by atoms with E-state index in [1.165, 1.54) is 0 Å². The van der Waals surface area contributed by atoms with Gasteiger partial charge in [0.15, 0.2) is 0 Å². The van der Waals surface area contributed by atoms with Crippen LogP contribution in [0.15, 0.2) is 42.6 Å². The van der Waals surface area contributed by atoms with Crippen molar-refractivity contribution in [2.45, 2.75) is 38.8 Å². The largest absolute Gasteiger partial charge is 0.375 e. The molecule has 0 spiro atoms. The van der Waals surface area contributed by atoms with Crippen molar-refractivity contribution < 1.29 is 4.79 Å². The highest BCUT2D eigenvalue weighted by atomic mass is 35.5. The second kappa shape index (κ2) is 8.65. The number of aromatic nitrogens is 3. The summed E-state index contributed by atoms with van der Waals surface area (Å²) in [5, 5.41) is 5.18. The minimum absolute atomic E-state index is 0.0387. The molecule has 2 aromatic carbocycles. The number of aryl methyl sites for hydroxylation is 1. The van der Waals surface area contributed by atoms with Crippen molar-refractivity contribution in [2.75, 3.05) is 18.4 Å². The minimum Gasteiger partial charge on any atom is -0.375 e. The van der Waals surface area contributed by atoms with Crippen molar-refractivity contribution >= 4 is 45.1 Å². The van der Waals surface area contributed by atoms with E-state index in [0.29, 0.717) is 17.1 Å². The first-order valence-corrected chi connectivity index (χ1v) is 11.6. The maximum atomic E-state index is 13.2. The Morgan fingerprint density at radius 1 is 1.30 bits per heavy atom. The van der Waals surface area contributed by atoms with Crippen molar-refractivity contribution in [3.63, 3.8) is 0 Å². The fourth-order valence-corrected chi connectivity index (χ4v) is 4.84. The van der Waals surface area contributed by atoms with Crippen molar-refractivity contribution in [3.8, 4) is 0 Å². The summed E-state index contributed by atoms with van der Waals surface area (Å²) in [6.07, 6.45) is 3.73. The maximum Gasteiger partial charge on any atom is 0.254 e. The van der Waals surface area contributed by atoms with Crippen LogP contribution >= 0.6 is 11.6 Å². The van der Waals surface area contributed by atoms with Crippen LogP contribution in [0, 0.1) is 6.92 Å². The fourth-order valence-electron chi connectivity index (χ4n) is 4.67. The van der Waals surface area contributed by atoms with E-state index in [0.717, 1.165) is 58.4 Å². The zero-order valence-corrected chi connectivity index (χ0v) is 19.5. The maximum absolute atomic E-state index is 13.2. The lowest BCUT2D eigenvalue weighted by atomic mass is 10.0. The fraction of sp³-hybridized carbons (Fsp3) is 0.320. The molecule has 1 fully saturated rings. The number of carbonyl (C=O) groups is 1. The molecule has 33 heavy (non-hydrogen) atoms. The molecule has 7 nitrogen and oxygen atoms in total. The molecular weight excluding hydrogens is 436 g/mol. The molecule has 8 heteroatoms. The summed E-state index contributed by atoms with van der Waals surface area (Å²) in [5.74, 6) is 0.861. The highest BCUT2D eigenvalue weighted by molar-refractivity contribution is 6.31. The van der Waals surface area contributed by atoms with Gasteiger partial charge in [-0.05, 0) is 68.7 Å². The number of likely N-dealkylation sites (tertiary alicyclic amines) is 1. The van der Waals surface area contributed by atoms with Gasteiger partial charge in [-0.15, -0.1) is 0 Å². The normalized spacial score (nSPS) is 17.1. The Morgan fingerprint density at radius 2 is 2.15 bits per heavy atom. The number of fused-ring (bicyclic) bond motifs is 2. The SMILES string of the molecule is Cc1cc2c(NC(C)c3nc4ccc(Cl)cc4[nH]3)ccnc2cc1C(=O)N1CCC[C@@H]1CN. The third-order valence-electron chi connectivity index (χ3n) is 6.47. The predicted molar refractivity (Wildman–Crippen MR) is 133 cm³/mol. The Labute approximate surface area is 197 Å². The summed E-state index contributed by atoms with van der Waals surface area (Å²) in [6, 6.07) is 11.6. The average Bonchev–Trinajstić information content (AvgIpc) is 3.45. The second-order valence-electron chi connectivity index (χ2n) is 8.72. The monoisotopic (exact) mass is 462 g/mol. The summed E-state index contributed by atoms with van der Waals surface area (Å²) in [6.45, 7) is 5.28. The van der Waals surface area contributed by atoms with Crippen LogP contribution in [0.25, 0.3) is 21.9 Å². The lowest BCUT2D eigenvalue weighted by Crippen LogP contribution is -2.40. The molecule has 4 aromatic rings. The van der Waals surface area contributed by atoms with Crippen molar-refractivity contribution in [1.29, 1.82) is 0 Å². The average molecular weight is 463 g/mol. The number of hydrogen-bond acceptors (Lipinski definition) is 5. The molecule has 0 saturated carbocycles. The van der Waals surface area contributed by atoms with Gasteiger partial charge in [0.25, 0.3) is 5.91 Å². The van der Waals surface area contributed by atoms with Gasteiger partial charge in [0.1, 0.15) is 5.82 Å². The smallest absolute Gasteiger partial charge is 0.254 e. The van der Waals surface area contributed by atoms with Crippen LogP contribution in [-0.4, -0.2) is 44.9 Å². The molecule has 1 aliphatic heterocycles. The zero-order chi connectivity index (χ0) is 23.1. The highest BCUT2D eigenvalue weighted by Gasteiger charge is 2.29. The summed E-state index contributed by atoms with van der Waals surface area (Å²) in [4.78, 5) is 27.7. The van der Waals surface area contributed by atoms with Crippen molar-refractivity contribution in [2.24, 2.45) is 5.73 Å². The van der Waals surface area contributed by atoms with Crippen molar-refractivity contribution in [1.82, 2.24) is 19.9 Å². The van der Waals surface area contributed by atoms with E-state index < -0.39 is 0 Å². The number of halogens is 1. The van der Waals surface area contributed by atoms with E-state index in [4.69, 9.17) is 22.3 Å². The minimum atomic E-state index is -0.0710. The molecule has 3 heterocycles. The summed E-state index contributed by atoms with van der Waals surface area (Å²) in [5.41, 5.74) is 11.0. The Bertz CT molecular complexity index is 1350. The first kappa shape index (κ1) is 21.7. The summed E-state index contributed by atoms with van der Waals surface area (Å²) in [7, 11) is 0. The number of amides is 1. The van der Waals surface area contributed by atoms with Gasteiger partial charge in [-0.25, -0.2) is 4.98 Å². The highest BCUT2D eigenvalue weighted by Crippen LogP contribution is 2.30. The molecule has 1 unspecified atom stereocenters. The van der Waals surface area contributed by atoms with Crippen LogP contribution in [0.3, 0.4) is 0 Å². The lowest BCUT2D eigenvalue weighted by Gasteiger charge is -2.24. The second-order valence-corrected chi connectivity index (χ2v) is 9.16. The van der Waals surface area contributed by atoms with Crippen LogP contribution < -0.4 is 11.1 Å². The van der Waals surface area contributed by atoms with Crippen LogP contribution in [-0.2, 0) is 0 Å². The van der Waals surface area contributed by atoms with Gasteiger partial charge < -0.3 is 20.9 Å². The lowest BCUT2D eigenvalue weighted by molar-refractivity contribution is 0.0740. The topological polar surface area (TPSA) is 99.9 Å². The zero-order valence-electron chi connectivity index (χ0n) is 18.7. The number of nitrogens with zero attached hydrogens (tertiary/aromatic N) is 3. The van der Waals surface area contributed by atoms with E-state index >= 15 is 0 Å². The van der Waals surface area contributed by atoms with Gasteiger partial charge in [-0.3, -0.25) is 9.78 Å². The molecule has 1 saturated heterocycles. The van der Waals surface area contributed by atoms with Gasteiger partial charge in [0.2, 0.25) is 0 Å². The number of rotatable bonds is 5. The number of aromatic amines is 1. The number of anilines is 1. The Balaban J connectivity index is 1.45. The molecule has 170 valence electrons. The molecule has 1 amide bonds. The number of pyridine rings is 1. The molecule has 2 atom stereocenters. The molecular formula is C25H27ClN6O. The number of carbonyl (C=O) groups excluding carboxylic acids is 1. The van der Waals surface area contributed by atoms with E-state index in [1.54, 1.807) is 6.20 Å². The quantitative estimate of drug-likeness (QED) is 0.395. The molecule has 4 N–H and O–H groups in total. The van der Waals surface area contributed by atoms with Crippen LogP contribution in [0.2, 0.25) is 5.02 Å². The van der Waals surface area contributed by atoms with Crippen LogP contribution in [0.1, 0.15) is 47.6 Å². The molecule has 1 aliphatic rings. The Kier molecular flexibility index (Phi) is 5.68. The van der Waals surface area contributed by atoms with Crippen molar-refractivity contribution in [3.05, 3.63) is 64.6 Å². The Hall–Kier alpha value is -3.16. The van der Waals surface area contributed by atoms with Gasteiger partial charge in [-0.1, -0.05) is 11.6 Å². The molecule has 0 aliphatic carbocycles. The van der Waals surface area contributed by atoms with Gasteiger partial charge in [-0.2, -0.15) is 0 Å². The first-order valence-electron chi connectivity index (χ1n) is 11.3. The number of benzene rings is 2. The third kappa shape index (κ3) is 4.03. The molecule has 2 aromatic heterocycles. The van der Waals surface area contributed by atoms with E-state index in [9.17, 15) is 4.79 Å². The molecule has 5 rings (SSSR count). The van der Waals surface area contributed by atoms with E-state index in [1.807, 2.05) is 48.2 Å². The van der Waals surface area contributed by atoms with Gasteiger partial charge >= 0.3 is 0 Å². The number of imidazole rings is 1.